The van der Waals surface area contributed by atoms with Crippen molar-refractivity contribution in [3.05, 3.63) is 0 Å². The lowest BCUT2D eigenvalue weighted by Crippen LogP contribution is -2.30. The Hall–Kier alpha value is -1.45. The van der Waals surface area contributed by atoms with E-state index in [9.17, 15) is 4.79 Å². The number of ketones is 1. The van der Waals surface area contributed by atoms with E-state index in [4.69, 9.17) is 22.5 Å². The van der Waals surface area contributed by atoms with E-state index in [1.807, 2.05) is 0 Å². The number of nitriles is 1. The summed E-state index contributed by atoms with van der Waals surface area (Å²) in [6, 6.07) is 0.553. The van der Waals surface area contributed by atoms with Crippen LogP contribution in [0.3, 0.4) is 0 Å². The van der Waals surface area contributed by atoms with E-state index >= 15 is 0 Å². The van der Waals surface area contributed by atoms with Crippen molar-refractivity contribution in [3.63, 3.8) is 0 Å². The Morgan fingerprint density at radius 3 is 2.42 bits per heavy atom. The molecular weight excluding hydrogens is 158 g/mol. The van der Waals surface area contributed by atoms with Gasteiger partial charge >= 0.3 is 0 Å². The minimum atomic E-state index is -1.11. The van der Waals surface area contributed by atoms with Crippen LogP contribution >= 0.6 is 0 Å². The van der Waals surface area contributed by atoms with Gasteiger partial charge in [-0.3, -0.25) is 4.79 Å². The van der Waals surface area contributed by atoms with Crippen LogP contribution in [0, 0.1) is 11.3 Å². The molecule has 0 amide bonds. The first kappa shape index (κ1) is 10.6. The van der Waals surface area contributed by atoms with Gasteiger partial charge in [0.15, 0.2) is 11.8 Å². The molecular formula is C6H11N5O. The molecule has 0 aromatic heterocycles. The average Bonchev–Trinajstić information content (AvgIpc) is 2.12. The summed E-state index contributed by atoms with van der Waals surface area (Å²) < 4.78 is 0. The van der Waals surface area contributed by atoms with Gasteiger partial charge in [-0.2, -0.15) is 5.26 Å². The molecule has 66 valence electrons. The average molecular weight is 169 g/mol. The van der Waals surface area contributed by atoms with Crippen molar-refractivity contribution < 1.29 is 4.79 Å². The Bertz CT molecular complexity index is 229. The maximum Gasteiger partial charge on any atom is 0.197 e. The molecule has 0 aromatic rings. The molecule has 0 rings (SSSR count). The molecule has 0 radical (unpaired) electrons. The van der Waals surface area contributed by atoms with Gasteiger partial charge in [-0.15, -0.1) is 0 Å². The SMILES string of the molecule is N#CC(N=C(N)CN)C(=O)CN. The molecule has 6 nitrogen and oxygen atoms in total. The van der Waals surface area contributed by atoms with Gasteiger partial charge in [0.05, 0.1) is 19.2 Å². The lowest BCUT2D eigenvalue weighted by Gasteiger charge is -2.01. The van der Waals surface area contributed by atoms with Crippen LogP contribution in [-0.4, -0.2) is 30.8 Å². The Morgan fingerprint density at radius 2 is 2.08 bits per heavy atom. The van der Waals surface area contributed by atoms with Crippen molar-refractivity contribution in [2.24, 2.45) is 22.2 Å². The fourth-order valence-corrected chi connectivity index (χ4v) is 0.503. The van der Waals surface area contributed by atoms with Crippen LogP contribution in [-0.2, 0) is 4.79 Å². The number of aliphatic imine (C=N–C) groups is 1. The number of hydrogen-bond acceptors (Lipinski definition) is 5. The zero-order valence-corrected chi connectivity index (χ0v) is 6.53. The molecule has 0 saturated carbocycles. The predicted octanol–water partition coefficient (Wildman–Crippen LogP) is -2.28. The highest BCUT2D eigenvalue weighted by atomic mass is 16.1. The van der Waals surface area contributed by atoms with Crippen LogP contribution in [0.15, 0.2) is 4.99 Å². The number of amidine groups is 1. The molecule has 0 fully saturated rings. The zero-order valence-electron chi connectivity index (χ0n) is 6.53. The number of Topliss-reactive ketones (excluding diaryl/α,β-unsaturated/α-hetero) is 1. The van der Waals surface area contributed by atoms with Crippen molar-refractivity contribution in [1.82, 2.24) is 0 Å². The Labute approximate surface area is 70.0 Å². The van der Waals surface area contributed by atoms with Crippen LogP contribution in [0.5, 0.6) is 0 Å². The fraction of sp³-hybridized carbons (Fsp3) is 0.500. The quantitative estimate of drug-likeness (QED) is 0.322. The highest BCUT2D eigenvalue weighted by molar-refractivity contribution is 5.92. The summed E-state index contributed by atoms with van der Waals surface area (Å²) in [7, 11) is 0. The van der Waals surface area contributed by atoms with E-state index in [0.717, 1.165) is 0 Å². The first-order chi connectivity index (χ1) is 5.65. The minimum Gasteiger partial charge on any atom is -0.386 e. The van der Waals surface area contributed by atoms with Crippen molar-refractivity contribution in [2.45, 2.75) is 6.04 Å². The standard InChI is InChI=1S/C6H11N5O/c7-1-4(5(12)2-8)11-6(10)3-9/h4H,2-3,8-9H2,(H2,10,11). The molecule has 0 heterocycles. The topological polar surface area (TPSA) is 131 Å². The zero-order chi connectivity index (χ0) is 9.56. The fourth-order valence-electron chi connectivity index (χ4n) is 0.503. The van der Waals surface area contributed by atoms with E-state index in [0.29, 0.717) is 0 Å². The van der Waals surface area contributed by atoms with Gasteiger partial charge in [0.25, 0.3) is 0 Å². The van der Waals surface area contributed by atoms with E-state index in [1.54, 1.807) is 6.07 Å². The lowest BCUT2D eigenvalue weighted by atomic mass is 10.2. The van der Waals surface area contributed by atoms with Crippen LogP contribution < -0.4 is 17.2 Å². The second-order valence-electron chi connectivity index (χ2n) is 2.03. The maximum atomic E-state index is 10.8. The van der Waals surface area contributed by atoms with Crippen molar-refractivity contribution in [2.75, 3.05) is 13.1 Å². The van der Waals surface area contributed by atoms with E-state index in [-0.39, 0.29) is 18.9 Å². The van der Waals surface area contributed by atoms with E-state index in [2.05, 4.69) is 4.99 Å². The highest BCUT2D eigenvalue weighted by Crippen LogP contribution is 1.89. The second-order valence-corrected chi connectivity index (χ2v) is 2.03. The third-order valence-electron chi connectivity index (χ3n) is 1.13. The van der Waals surface area contributed by atoms with Gasteiger partial charge in [0.1, 0.15) is 5.84 Å². The van der Waals surface area contributed by atoms with E-state index < -0.39 is 11.8 Å². The molecule has 0 aliphatic carbocycles. The summed E-state index contributed by atoms with van der Waals surface area (Å²) >= 11 is 0. The molecule has 0 spiro atoms. The summed E-state index contributed by atoms with van der Waals surface area (Å²) in [6.45, 7) is -0.199. The predicted molar refractivity (Wildman–Crippen MR) is 44.1 cm³/mol. The van der Waals surface area contributed by atoms with Crippen LogP contribution in [0.25, 0.3) is 0 Å². The monoisotopic (exact) mass is 169 g/mol. The summed E-state index contributed by atoms with van der Waals surface area (Å²) in [6.07, 6.45) is 0. The summed E-state index contributed by atoms with van der Waals surface area (Å²) in [4.78, 5) is 14.4. The van der Waals surface area contributed by atoms with Gasteiger partial charge in [-0.25, -0.2) is 4.99 Å². The molecule has 6 heteroatoms. The molecule has 0 bridgehead atoms. The Balaban J connectivity index is 4.40. The Morgan fingerprint density at radius 1 is 1.50 bits per heavy atom. The van der Waals surface area contributed by atoms with Crippen molar-refractivity contribution >= 4 is 11.6 Å². The number of hydrogen-bond donors (Lipinski definition) is 3. The highest BCUT2D eigenvalue weighted by Gasteiger charge is 2.14. The third-order valence-corrected chi connectivity index (χ3v) is 1.13. The molecule has 0 aliphatic rings. The molecule has 12 heavy (non-hydrogen) atoms. The second kappa shape index (κ2) is 5.23. The number of nitrogens with zero attached hydrogens (tertiary/aromatic N) is 2. The summed E-state index contributed by atoms with van der Waals surface area (Å²) in [5.41, 5.74) is 15.4. The van der Waals surface area contributed by atoms with Gasteiger partial charge in [0.2, 0.25) is 0 Å². The van der Waals surface area contributed by atoms with Crippen molar-refractivity contribution in [3.8, 4) is 6.07 Å². The van der Waals surface area contributed by atoms with E-state index in [1.165, 1.54) is 0 Å². The molecule has 1 unspecified atom stereocenters. The summed E-state index contributed by atoms with van der Waals surface area (Å²) in [5.74, 6) is -0.391. The maximum absolute atomic E-state index is 10.8. The van der Waals surface area contributed by atoms with Gasteiger partial charge < -0.3 is 17.2 Å². The molecule has 0 aromatic carbocycles. The first-order valence-corrected chi connectivity index (χ1v) is 3.30. The number of carbonyl (C=O) groups is 1. The number of rotatable bonds is 4. The largest absolute Gasteiger partial charge is 0.386 e. The van der Waals surface area contributed by atoms with Crippen molar-refractivity contribution in [1.29, 1.82) is 5.26 Å². The molecule has 0 saturated heterocycles. The van der Waals surface area contributed by atoms with Gasteiger partial charge in [-0.05, 0) is 0 Å². The van der Waals surface area contributed by atoms with Gasteiger partial charge in [-0.1, -0.05) is 0 Å². The lowest BCUT2D eigenvalue weighted by molar-refractivity contribution is -0.117. The normalized spacial score (nSPS) is 13.6. The molecule has 6 N–H and O–H groups in total. The van der Waals surface area contributed by atoms with Crippen LogP contribution in [0.4, 0.5) is 0 Å². The summed E-state index contributed by atoms with van der Waals surface area (Å²) in [5, 5.41) is 8.44. The smallest absolute Gasteiger partial charge is 0.197 e. The molecule has 1 atom stereocenters. The minimum absolute atomic E-state index is 0.0238. The number of carbonyl (C=O) groups excluding carboxylic acids is 1. The first-order valence-electron chi connectivity index (χ1n) is 3.30. The molecule has 0 aliphatic heterocycles. The van der Waals surface area contributed by atoms with Gasteiger partial charge in [0, 0.05) is 0 Å². The van der Waals surface area contributed by atoms with Crippen LogP contribution in [0.1, 0.15) is 0 Å². The third kappa shape index (κ3) is 3.09. The Kier molecular flexibility index (Phi) is 4.60. The van der Waals surface area contributed by atoms with Crippen LogP contribution in [0.2, 0.25) is 0 Å². The number of nitrogens with two attached hydrogens (primary N) is 3.